The van der Waals surface area contributed by atoms with Gasteiger partial charge in [0, 0.05) is 23.5 Å². The normalized spacial score (nSPS) is 14.0. The van der Waals surface area contributed by atoms with Gasteiger partial charge in [-0.3, -0.25) is 4.98 Å². The van der Waals surface area contributed by atoms with Crippen LogP contribution in [0.2, 0.25) is 0 Å². The SMILES string of the molecule is Cc1ccc([C@@H](C)NC(C)c2c(C)cc(C)nc2C)cc1. The smallest absolute Gasteiger partial charge is 0.0426 e. The molecule has 0 aliphatic rings. The molecule has 21 heavy (non-hydrogen) atoms. The van der Waals surface area contributed by atoms with Gasteiger partial charge in [-0.2, -0.15) is 0 Å². The van der Waals surface area contributed by atoms with Gasteiger partial charge in [-0.05, 0) is 64.3 Å². The predicted octanol–water partition coefficient (Wildman–Crippen LogP) is 4.73. The maximum Gasteiger partial charge on any atom is 0.0426 e. The van der Waals surface area contributed by atoms with Crippen molar-refractivity contribution in [2.75, 3.05) is 0 Å². The second kappa shape index (κ2) is 6.40. The molecule has 1 aromatic heterocycles. The lowest BCUT2D eigenvalue weighted by atomic mass is 9.98. The second-order valence-corrected chi connectivity index (χ2v) is 6.10. The van der Waals surface area contributed by atoms with Crippen molar-refractivity contribution in [3.8, 4) is 0 Å². The van der Waals surface area contributed by atoms with E-state index in [-0.39, 0.29) is 6.04 Å². The summed E-state index contributed by atoms with van der Waals surface area (Å²) in [6, 6.07) is 11.5. The molecule has 0 spiro atoms. The van der Waals surface area contributed by atoms with E-state index >= 15 is 0 Å². The van der Waals surface area contributed by atoms with Crippen LogP contribution in [0.5, 0.6) is 0 Å². The minimum atomic E-state index is 0.286. The van der Waals surface area contributed by atoms with Crippen LogP contribution in [0.3, 0.4) is 0 Å². The number of aryl methyl sites for hydroxylation is 4. The summed E-state index contributed by atoms with van der Waals surface area (Å²) in [5.41, 5.74) is 7.48. The lowest BCUT2D eigenvalue weighted by Gasteiger charge is -2.23. The maximum atomic E-state index is 4.61. The van der Waals surface area contributed by atoms with Crippen LogP contribution in [0.1, 0.15) is 59.6 Å². The third-order valence-electron chi connectivity index (χ3n) is 4.09. The number of rotatable bonds is 4. The maximum absolute atomic E-state index is 4.61. The molecule has 0 radical (unpaired) electrons. The van der Waals surface area contributed by atoms with Crippen LogP contribution in [0, 0.1) is 27.7 Å². The summed E-state index contributed by atoms with van der Waals surface area (Å²) < 4.78 is 0. The molecule has 1 heterocycles. The number of benzene rings is 1. The van der Waals surface area contributed by atoms with Crippen LogP contribution in [0.4, 0.5) is 0 Å². The standard InChI is InChI=1S/C19H26N2/c1-12-7-9-18(10-8-12)15(4)21-17(6)19-13(2)11-14(3)20-16(19)5/h7-11,15,17,21H,1-6H3/t15-,17?/m1/s1. The minimum absolute atomic E-state index is 0.286. The number of aromatic nitrogens is 1. The number of hydrogen-bond donors (Lipinski definition) is 1. The number of hydrogen-bond acceptors (Lipinski definition) is 2. The second-order valence-electron chi connectivity index (χ2n) is 6.10. The van der Waals surface area contributed by atoms with Gasteiger partial charge in [-0.1, -0.05) is 29.8 Å². The fraction of sp³-hybridized carbons (Fsp3) is 0.421. The topological polar surface area (TPSA) is 24.9 Å². The van der Waals surface area contributed by atoms with Crippen LogP contribution >= 0.6 is 0 Å². The van der Waals surface area contributed by atoms with Gasteiger partial charge in [0.2, 0.25) is 0 Å². The van der Waals surface area contributed by atoms with Crippen molar-refractivity contribution in [2.24, 2.45) is 0 Å². The molecule has 0 aliphatic heterocycles. The largest absolute Gasteiger partial charge is 0.304 e. The van der Waals surface area contributed by atoms with Crippen molar-refractivity contribution in [2.45, 2.75) is 53.6 Å². The molecular weight excluding hydrogens is 256 g/mol. The third-order valence-corrected chi connectivity index (χ3v) is 4.09. The lowest BCUT2D eigenvalue weighted by Crippen LogP contribution is -2.24. The molecule has 0 saturated heterocycles. The summed E-state index contributed by atoms with van der Waals surface area (Å²) >= 11 is 0. The number of nitrogens with zero attached hydrogens (tertiary/aromatic N) is 1. The molecular formula is C19H26N2. The summed E-state index contributed by atoms with van der Waals surface area (Å²) in [5.74, 6) is 0. The Morgan fingerprint density at radius 1 is 0.905 bits per heavy atom. The molecule has 1 aromatic carbocycles. The molecule has 1 N–H and O–H groups in total. The zero-order chi connectivity index (χ0) is 15.6. The quantitative estimate of drug-likeness (QED) is 0.877. The first-order chi connectivity index (χ1) is 9.88. The van der Waals surface area contributed by atoms with Crippen molar-refractivity contribution in [3.05, 3.63) is 64.0 Å². The van der Waals surface area contributed by atoms with Gasteiger partial charge in [0.05, 0.1) is 0 Å². The van der Waals surface area contributed by atoms with Crippen molar-refractivity contribution in [3.63, 3.8) is 0 Å². The molecule has 2 rings (SSSR count). The van der Waals surface area contributed by atoms with Gasteiger partial charge in [-0.25, -0.2) is 0 Å². The highest BCUT2D eigenvalue weighted by atomic mass is 14.9. The highest BCUT2D eigenvalue weighted by Gasteiger charge is 2.16. The molecule has 2 atom stereocenters. The van der Waals surface area contributed by atoms with E-state index in [1.807, 2.05) is 0 Å². The Balaban J connectivity index is 2.18. The molecule has 112 valence electrons. The van der Waals surface area contributed by atoms with Crippen molar-refractivity contribution in [1.82, 2.24) is 10.3 Å². The molecule has 2 heteroatoms. The lowest BCUT2D eigenvalue weighted by molar-refractivity contribution is 0.490. The number of pyridine rings is 1. The zero-order valence-corrected chi connectivity index (χ0v) is 14.0. The van der Waals surface area contributed by atoms with Crippen molar-refractivity contribution < 1.29 is 0 Å². The third kappa shape index (κ3) is 3.70. The van der Waals surface area contributed by atoms with E-state index in [2.05, 4.69) is 82.2 Å². The molecule has 2 nitrogen and oxygen atoms in total. The Labute approximate surface area is 128 Å². The van der Waals surface area contributed by atoms with Crippen molar-refractivity contribution >= 4 is 0 Å². The van der Waals surface area contributed by atoms with E-state index in [1.54, 1.807) is 0 Å². The van der Waals surface area contributed by atoms with E-state index < -0.39 is 0 Å². The summed E-state index contributed by atoms with van der Waals surface area (Å²) in [4.78, 5) is 4.61. The Morgan fingerprint density at radius 3 is 2.10 bits per heavy atom. The predicted molar refractivity (Wildman–Crippen MR) is 89.6 cm³/mol. The Kier molecular flexibility index (Phi) is 4.79. The van der Waals surface area contributed by atoms with Crippen LogP contribution in [-0.4, -0.2) is 4.98 Å². The van der Waals surface area contributed by atoms with Gasteiger partial charge in [-0.15, -0.1) is 0 Å². The van der Waals surface area contributed by atoms with Crippen LogP contribution in [0.15, 0.2) is 30.3 Å². The van der Waals surface area contributed by atoms with Crippen LogP contribution < -0.4 is 5.32 Å². The Hall–Kier alpha value is -1.67. The summed E-state index contributed by atoms with van der Waals surface area (Å²) in [6.45, 7) is 12.9. The molecule has 0 bridgehead atoms. The van der Waals surface area contributed by atoms with E-state index in [0.717, 1.165) is 11.4 Å². The van der Waals surface area contributed by atoms with Crippen LogP contribution in [0.25, 0.3) is 0 Å². The Morgan fingerprint density at radius 2 is 1.52 bits per heavy atom. The van der Waals surface area contributed by atoms with Crippen LogP contribution in [-0.2, 0) is 0 Å². The average molecular weight is 282 g/mol. The summed E-state index contributed by atoms with van der Waals surface area (Å²) in [7, 11) is 0. The summed E-state index contributed by atoms with van der Waals surface area (Å²) in [6.07, 6.45) is 0. The first-order valence-electron chi connectivity index (χ1n) is 7.66. The first kappa shape index (κ1) is 15.7. The minimum Gasteiger partial charge on any atom is -0.304 e. The summed E-state index contributed by atoms with van der Waals surface area (Å²) in [5, 5.41) is 3.69. The molecule has 0 saturated carbocycles. The molecule has 2 aromatic rings. The van der Waals surface area contributed by atoms with E-state index in [0.29, 0.717) is 6.04 Å². The van der Waals surface area contributed by atoms with Gasteiger partial charge >= 0.3 is 0 Å². The first-order valence-corrected chi connectivity index (χ1v) is 7.66. The van der Waals surface area contributed by atoms with Gasteiger partial charge in [0.15, 0.2) is 0 Å². The highest BCUT2D eigenvalue weighted by molar-refractivity contribution is 5.34. The molecule has 0 aliphatic carbocycles. The molecule has 0 fully saturated rings. The van der Waals surface area contributed by atoms with E-state index in [9.17, 15) is 0 Å². The van der Waals surface area contributed by atoms with E-state index in [4.69, 9.17) is 0 Å². The Bertz CT molecular complexity index is 591. The van der Waals surface area contributed by atoms with Gasteiger partial charge < -0.3 is 5.32 Å². The molecule has 0 amide bonds. The fourth-order valence-electron chi connectivity index (χ4n) is 3.10. The van der Waals surface area contributed by atoms with Gasteiger partial charge in [0.1, 0.15) is 0 Å². The molecule has 1 unspecified atom stereocenters. The fourth-order valence-corrected chi connectivity index (χ4v) is 3.10. The van der Waals surface area contributed by atoms with E-state index in [1.165, 1.54) is 22.3 Å². The highest BCUT2D eigenvalue weighted by Crippen LogP contribution is 2.24. The zero-order valence-electron chi connectivity index (χ0n) is 14.0. The van der Waals surface area contributed by atoms with Gasteiger partial charge in [0.25, 0.3) is 0 Å². The average Bonchev–Trinajstić information content (AvgIpc) is 2.37. The monoisotopic (exact) mass is 282 g/mol. The number of nitrogens with one attached hydrogen (secondary N) is 1. The van der Waals surface area contributed by atoms with Crippen molar-refractivity contribution in [1.29, 1.82) is 0 Å².